The minimum atomic E-state index is -0.947. The second-order valence-electron chi connectivity index (χ2n) is 13.5. The van der Waals surface area contributed by atoms with Crippen molar-refractivity contribution in [3.63, 3.8) is 0 Å². The van der Waals surface area contributed by atoms with Crippen LogP contribution in [0.15, 0.2) is 53.1 Å². The average molecular weight is 584 g/mol. The fourth-order valence-electron chi connectivity index (χ4n) is 8.53. The van der Waals surface area contributed by atoms with E-state index in [1.165, 1.54) is 23.1 Å². The van der Waals surface area contributed by atoms with Gasteiger partial charge in [0.2, 0.25) is 11.8 Å². The number of nitrogens with zero attached hydrogens (tertiary/aromatic N) is 1. The Hall–Kier alpha value is -2.90. The molecule has 6 nitrogen and oxygen atoms in total. The first kappa shape index (κ1) is 30.1. The van der Waals surface area contributed by atoms with Crippen LogP contribution < -0.4 is 0 Å². The van der Waals surface area contributed by atoms with Gasteiger partial charge in [-0.1, -0.05) is 94.0 Å². The number of likely N-dealkylation sites (tertiary alicyclic amines) is 1. The summed E-state index contributed by atoms with van der Waals surface area (Å²) in [7, 11) is -0.947. The third-order valence-corrected chi connectivity index (χ3v) is 10.5. The summed E-state index contributed by atoms with van der Waals surface area (Å²) in [6, 6.07) is 11.7. The molecule has 6 rings (SSSR count). The van der Waals surface area contributed by atoms with E-state index < -0.39 is 7.12 Å². The lowest BCUT2D eigenvalue weighted by Crippen LogP contribution is -2.47. The third-order valence-electron chi connectivity index (χ3n) is 10.5. The Labute approximate surface area is 256 Å². The lowest BCUT2D eigenvalue weighted by atomic mass is 9.57. The second-order valence-corrected chi connectivity index (χ2v) is 13.5. The van der Waals surface area contributed by atoms with E-state index >= 15 is 0 Å². The van der Waals surface area contributed by atoms with Crippen LogP contribution in [0, 0.1) is 23.7 Å². The summed E-state index contributed by atoms with van der Waals surface area (Å²) in [5, 5.41) is 23.2. The first-order valence-electron chi connectivity index (χ1n) is 16.6. The first-order valence-corrected chi connectivity index (χ1v) is 16.6. The Morgan fingerprint density at radius 1 is 1.02 bits per heavy atom. The molecule has 4 aliphatic rings. The average Bonchev–Trinajstić information content (AvgIpc) is 3.26. The van der Waals surface area contributed by atoms with Gasteiger partial charge in [-0.05, 0) is 79.3 Å². The van der Waals surface area contributed by atoms with Crippen molar-refractivity contribution in [3.8, 4) is 5.75 Å². The predicted molar refractivity (Wildman–Crippen MR) is 171 cm³/mol. The van der Waals surface area contributed by atoms with Crippen LogP contribution in [0.2, 0.25) is 6.32 Å². The Bertz CT molecular complexity index is 1440. The number of amides is 2. The minimum absolute atomic E-state index is 0.00849. The quantitative estimate of drug-likeness (QED) is 0.194. The summed E-state index contributed by atoms with van der Waals surface area (Å²) in [4.78, 5) is 29.5. The topological polar surface area (TPSA) is 87.1 Å². The van der Waals surface area contributed by atoms with Gasteiger partial charge in [0, 0.05) is 11.4 Å². The highest BCUT2D eigenvalue weighted by atomic mass is 16.5. The second kappa shape index (κ2) is 12.6. The van der Waals surface area contributed by atoms with Gasteiger partial charge >= 0.3 is 7.12 Å². The highest BCUT2D eigenvalue weighted by molar-refractivity contribution is 6.43. The maximum atomic E-state index is 14.0. The Kier molecular flexibility index (Phi) is 8.84. The molecule has 0 spiro atoms. The van der Waals surface area contributed by atoms with Crippen molar-refractivity contribution in [2.75, 3.05) is 0 Å². The molecule has 2 heterocycles. The molecule has 2 N–H and O–H groups in total. The lowest BCUT2D eigenvalue weighted by Gasteiger charge is -2.44. The smallest absolute Gasteiger partial charge is 0.455 e. The summed E-state index contributed by atoms with van der Waals surface area (Å²) >= 11 is 0. The van der Waals surface area contributed by atoms with Gasteiger partial charge in [0.1, 0.15) is 5.75 Å². The molecule has 2 aromatic carbocycles. The minimum Gasteiger partial charge on any atom is -0.507 e. The number of phenolic OH excluding ortho intramolecular Hbond substituents is 1. The monoisotopic (exact) mass is 583 g/mol. The Morgan fingerprint density at radius 2 is 1.77 bits per heavy atom. The number of fused-ring (bicyclic) bond motifs is 4. The maximum Gasteiger partial charge on any atom is 0.455 e. The van der Waals surface area contributed by atoms with Crippen molar-refractivity contribution in [2.24, 2.45) is 23.7 Å². The molecule has 4 atom stereocenters. The van der Waals surface area contributed by atoms with Gasteiger partial charge < -0.3 is 14.8 Å². The standard InChI is InChI=1S/C36H46BNO5/c1-4-10-23(19-24-16-17-31(39)27-14-9-8-13-26(24)27)15-18-32-33-28(22(2)3)20-29-34(30(33)21-37(42)43-32)36(41)38(35(29)40)25-11-6-5-7-12-25/h8-9,13-14,16-17,19,22,25,29-30,32,34,39,42H,4-7,10-12,15,18,20-21H2,1-3H3/b23-19+/t29-,30+,32-,34-/m1/s1. The molecule has 7 heteroatoms. The van der Waals surface area contributed by atoms with Crippen LogP contribution in [0.25, 0.3) is 16.8 Å². The fourth-order valence-corrected chi connectivity index (χ4v) is 8.53. The Morgan fingerprint density at radius 3 is 2.49 bits per heavy atom. The van der Waals surface area contributed by atoms with Gasteiger partial charge in [-0.15, -0.1) is 0 Å². The van der Waals surface area contributed by atoms with Gasteiger partial charge in [0.15, 0.2) is 0 Å². The van der Waals surface area contributed by atoms with Crippen molar-refractivity contribution in [3.05, 3.63) is 58.7 Å². The van der Waals surface area contributed by atoms with Gasteiger partial charge in [-0.25, -0.2) is 0 Å². The molecule has 0 aromatic heterocycles. The largest absolute Gasteiger partial charge is 0.507 e. The van der Waals surface area contributed by atoms with Crippen LogP contribution in [-0.4, -0.2) is 46.1 Å². The van der Waals surface area contributed by atoms with Crippen LogP contribution in [-0.2, 0) is 14.2 Å². The predicted octanol–water partition coefficient (Wildman–Crippen LogP) is 7.29. The van der Waals surface area contributed by atoms with Crippen molar-refractivity contribution < 1.29 is 24.4 Å². The maximum absolute atomic E-state index is 14.0. The van der Waals surface area contributed by atoms with Gasteiger partial charge in [-0.3, -0.25) is 14.5 Å². The van der Waals surface area contributed by atoms with E-state index in [9.17, 15) is 19.7 Å². The van der Waals surface area contributed by atoms with Crippen LogP contribution in [0.5, 0.6) is 5.75 Å². The molecule has 1 saturated carbocycles. The number of imide groups is 1. The Balaban J connectivity index is 1.29. The number of carbonyl (C=O) groups is 2. The van der Waals surface area contributed by atoms with E-state index in [2.05, 4.69) is 26.8 Å². The van der Waals surface area contributed by atoms with E-state index in [0.717, 1.165) is 61.3 Å². The van der Waals surface area contributed by atoms with Crippen molar-refractivity contribution in [2.45, 2.75) is 103 Å². The van der Waals surface area contributed by atoms with Crippen LogP contribution in [0.1, 0.15) is 90.5 Å². The summed E-state index contributed by atoms with van der Waals surface area (Å²) in [6.07, 6.45) is 11.6. The lowest BCUT2D eigenvalue weighted by molar-refractivity contribution is -0.143. The summed E-state index contributed by atoms with van der Waals surface area (Å²) in [5.74, 6) is -0.329. The number of rotatable bonds is 8. The normalized spacial score (nSPS) is 27.0. The van der Waals surface area contributed by atoms with Crippen LogP contribution >= 0.6 is 0 Å². The first-order chi connectivity index (χ1) is 20.8. The fraction of sp³-hybridized carbons (Fsp3) is 0.556. The summed E-state index contributed by atoms with van der Waals surface area (Å²) in [5.41, 5.74) is 4.81. The molecule has 2 aliphatic heterocycles. The number of allylic oxidation sites excluding steroid dienone is 2. The molecule has 43 heavy (non-hydrogen) atoms. The molecular formula is C36H46BNO5. The van der Waals surface area contributed by atoms with Crippen molar-refractivity contribution >= 4 is 35.8 Å². The molecule has 0 bridgehead atoms. The molecule has 228 valence electrons. The van der Waals surface area contributed by atoms with Crippen LogP contribution in [0.4, 0.5) is 0 Å². The van der Waals surface area contributed by atoms with E-state index in [0.29, 0.717) is 19.2 Å². The van der Waals surface area contributed by atoms with Crippen LogP contribution in [0.3, 0.4) is 0 Å². The van der Waals surface area contributed by atoms with Crippen molar-refractivity contribution in [1.82, 2.24) is 4.90 Å². The highest BCUT2D eigenvalue weighted by Gasteiger charge is 2.58. The molecule has 2 saturated heterocycles. The van der Waals surface area contributed by atoms with E-state index in [1.807, 2.05) is 30.3 Å². The van der Waals surface area contributed by atoms with E-state index in [4.69, 9.17) is 4.65 Å². The number of phenols is 1. The van der Waals surface area contributed by atoms with Crippen molar-refractivity contribution in [1.29, 1.82) is 0 Å². The zero-order valence-corrected chi connectivity index (χ0v) is 25.9. The van der Waals surface area contributed by atoms with Gasteiger partial charge in [0.05, 0.1) is 17.9 Å². The molecule has 2 aliphatic carbocycles. The molecular weight excluding hydrogens is 537 g/mol. The van der Waals surface area contributed by atoms with E-state index in [-0.39, 0.29) is 53.4 Å². The highest BCUT2D eigenvalue weighted by Crippen LogP contribution is 2.52. The zero-order valence-electron chi connectivity index (χ0n) is 25.9. The molecule has 3 fully saturated rings. The summed E-state index contributed by atoms with van der Waals surface area (Å²) in [6.45, 7) is 6.54. The third kappa shape index (κ3) is 5.71. The summed E-state index contributed by atoms with van der Waals surface area (Å²) < 4.78 is 6.28. The molecule has 2 aromatic rings. The number of aromatic hydroxyl groups is 1. The SMILES string of the molecule is CCC/C(=C\c1ccc(O)c2ccccc12)CC[C@H]1OB(O)C[C@H]2C1=C(C(C)C)C[C@H]1C(=O)N(C3CCCCC3)C(=O)[C@H]12. The number of benzene rings is 2. The molecule has 0 radical (unpaired) electrons. The number of hydrogen-bond acceptors (Lipinski definition) is 5. The van der Waals surface area contributed by atoms with Gasteiger partial charge in [0.25, 0.3) is 0 Å². The zero-order chi connectivity index (χ0) is 30.2. The molecule has 0 unspecified atom stereocenters. The molecule has 2 amide bonds. The number of hydrogen-bond donors (Lipinski definition) is 2. The van der Waals surface area contributed by atoms with Gasteiger partial charge in [-0.2, -0.15) is 0 Å². The number of carbonyl (C=O) groups excluding carboxylic acids is 2. The van der Waals surface area contributed by atoms with E-state index in [1.54, 1.807) is 11.0 Å².